The van der Waals surface area contributed by atoms with Gasteiger partial charge >= 0.3 is 0 Å². The van der Waals surface area contributed by atoms with Gasteiger partial charge in [-0.2, -0.15) is 14.8 Å². The average Bonchev–Trinajstić information content (AvgIpc) is 3.33. The van der Waals surface area contributed by atoms with E-state index in [1.54, 1.807) is 38.3 Å². The Hall–Kier alpha value is -3.49. The monoisotopic (exact) mass is 395 g/mol. The van der Waals surface area contributed by atoms with Crippen LogP contribution in [-0.2, 0) is 4.79 Å². The molecule has 1 N–H and O–H groups in total. The number of aryl methyl sites for hydroxylation is 1. The number of rotatable bonds is 4. The van der Waals surface area contributed by atoms with E-state index >= 15 is 0 Å². The van der Waals surface area contributed by atoms with E-state index in [2.05, 4.69) is 20.4 Å². The number of nitrogens with one attached hydrogen (secondary N) is 1. The second-order valence-corrected chi connectivity index (χ2v) is 6.90. The molecule has 1 aliphatic carbocycles. The first-order chi connectivity index (χ1) is 14.0. The summed E-state index contributed by atoms with van der Waals surface area (Å²) in [7, 11) is 3.02. The summed E-state index contributed by atoms with van der Waals surface area (Å²) in [5, 5.41) is 7.17. The Bertz CT molecular complexity index is 1050. The minimum absolute atomic E-state index is 0.174. The zero-order valence-electron chi connectivity index (χ0n) is 16.4. The maximum absolute atomic E-state index is 12.9. The molecule has 1 aliphatic heterocycles. The molecule has 2 amide bonds. The SMILES string of the molecule is COc1ccc(C(=O)Nc2cc(C)nn2C2=NC(=O)C3CCCC3=N2)c(OC)c1. The fourth-order valence-corrected chi connectivity index (χ4v) is 3.56. The van der Waals surface area contributed by atoms with Gasteiger partial charge in [-0.1, -0.05) is 0 Å². The number of fused-ring (bicyclic) bond motifs is 1. The highest BCUT2D eigenvalue weighted by atomic mass is 16.5. The van der Waals surface area contributed by atoms with Crippen LogP contribution in [0.2, 0.25) is 0 Å². The summed E-state index contributed by atoms with van der Waals surface area (Å²) in [6, 6.07) is 6.62. The fraction of sp³-hybridized carbons (Fsp3) is 0.350. The molecule has 1 saturated carbocycles. The van der Waals surface area contributed by atoms with Crippen molar-refractivity contribution in [2.75, 3.05) is 19.5 Å². The van der Waals surface area contributed by atoms with Crippen LogP contribution in [0.3, 0.4) is 0 Å². The lowest BCUT2D eigenvalue weighted by atomic mass is 10.1. The van der Waals surface area contributed by atoms with Gasteiger partial charge in [-0.25, -0.2) is 4.99 Å². The summed E-state index contributed by atoms with van der Waals surface area (Å²) in [6.07, 6.45) is 2.49. The van der Waals surface area contributed by atoms with Gasteiger partial charge in [-0.05, 0) is 38.3 Å². The molecule has 29 heavy (non-hydrogen) atoms. The second-order valence-electron chi connectivity index (χ2n) is 6.90. The molecule has 1 fully saturated rings. The minimum atomic E-state index is -0.389. The lowest BCUT2D eigenvalue weighted by Gasteiger charge is -2.15. The number of carbonyl (C=O) groups excluding carboxylic acids is 2. The third-order valence-electron chi connectivity index (χ3n) is 5.00. The molecular formula is C20H21N5O4. The van der Waals surface area contributed by atoms with Gasteiger partial charge in [0.05, 0.1) is 31.4 Å². The fourth-order valence-electron chi connectivity index (χ4n) is 3.56. The molecule has 1 atom stereocenters. The molecule has 4 rings (SSSR count). The molecule has 9 nitrogen and oxygen atoms in total. The van der Waals surface area contributed by atoms with Crippen LogP contribution >= 0.6 is 0 Å². The lowest BCUT2D eigenvalue weighted by Crippen LogP contribution is -2.29. The van der Waals surface area contributed by atoms with Crippen LogP contribution in [0.4, 0.5) is 5.82 Å². The highest BCUT2D eigenvalue weighted by Gasteiger charge is 2.33. The van der Waals surface area contributed by atoms with Gasteiger partial charge in [-0.15, -0.1) is 0 Å². The Balaban J connectivity index is 1.65. The van der Waals surface area contributed by atoms with E-state index in [0.717, 1.165) is 25.0 Å². The van der Waals surface area contributed by atoms with Gasteiger partial charge in [0.15, 0.2) is 0 Å². The van der Waals surface area contributed by atoms with E-state index in [4.69, 9.17) is 9.47 Å². The number of aliphatic imine (C=N–C) groups is 2. The Morgan fingerprint density at radius 2 is 2.03 bits per heavy atom. The molecule has 2 aliphatic rings. The van der Waals surface area contributed by atoms with E-state index in [-0.39, 0.29) is 23.7 Å². The normalized spacial score (nSPS) is 18.0. The number of aromatic nitrogens is 2. The molecular weight excluding hydrogens is 374 g/mol. The van der Waals surface area contributed by atoms with Crippen LogP contribution in [-0.4, -0.2) is 47.5 Å². The zero-order valence-corrected chi connectivity index (χ0v) is 16.4. The first-order valence-corrected chi connectivity index (χ1v) is 9.30. The van der Waals surface area contributed by atoms with Crippen LogP contribution < -0.4 is 14.8 Å². The molecule has 1 unspecified atom stereocenters. The average molecular weight is 395 g/mol. The number of carbonyl (C=O) groups is 2. The Kier molecular flexibility index (Phi) is 4.87. The zero-order chi connectivity index (χ0) is 20.5. The van der Waals surface area contributed by atoms with Crippen molar-refractivity contribution in [3.63, 3.8) is 0 Å². The number of methoxy groups -OCH3 is 2. The van der Waals surface area contributed by atoms with Crippen LogP contribution in [0.25, 0.3) is 0 Å². The predicted octanol–water partition coefficient (Wildman–Crippen LogP) is 2.45. The second kappa shape index (κ2) is 7.50. The standard InChI is InChI=1S/C20H21N5O4/c1-11-9-17(22-19(27)14-8-7-12(28-2)10-16(14)29-3)25(24-11)20-21-15-6-4-5-13(15)18(26)23-20/h7-10,13H,4-6H2,1-3H3,(H,22,27). The van der Waals surface area contributed by atoms with E-state index in [1.165, 1.54) is 11.8 Å². The maximum Gasteiger partial charge on any atom is 0.260 e. The lowest BCUT2D eigenvalue weighted by molar-refractivity contribution is -0.119. The maximum atomic E-state index is 12.9. The van der Waals surface area contributed by atoms with Crippen LogP contribution in [0.5, 0.6) is 11.5 Å². The van der Waals surface area contributed by atoms with Gasteiger partial charge in [0.25, 0.3) is 17.8 Å². The molecule has 0 radical (unpaired) electrons. The number of amides is 2. The van der Waals surface area contributed by atoms with Gasteiger partial charge in [0, 0.05) is 17.8 Å². The summed E-state index contributed by atoms with van der Waals surface area (Å²) < 4.78 is 11.9. The number of ether oxygens (including phenoxy) is 2. The number of benzene rings is 1. The van der Waals surface area contributed by atoms with Crippen molar-refractivity contribution < 1.29 is 19.1 Å². The summed E-state index contributed by atoms with van der Waals surface area (Å²) in [4.78, 5) is 33.8. The molecule has 0 bridgehead atoms. The van der Waals surface area contributed by atoms with Gasteiger partial charge < -0.3 is 14.8 Å². The van der Waals surface area contributed by atoms with Crippen LogP contribution in [0.1, 0.15) is 35.3 Å². The third kappa shape index (κ3) is 3.51. The van der Waals surface area contributed by atoms with Gasteiger partial charge in [0.1, 0.15) is 17.3 Å². The van der Waals surface area contributed by atoms with Crippen molar-refractivity contribution in [1.82, 2.24) is 9.78 Å². The highest BCUT2D eigenvalue weighted by Crippen LogP contribution is 2.28. The van der Waals surface area contributed by atoms with Crippen molar-refractivity contribution in [2.24, 2.45) is 15.9 Å². The van der Waals surface area contributed by atoms with Crippen molar-refractivity contribution >= 4 is 29.3 Å². The number of nitrogens with zero attached hydrogens (tertiary/aromatic N) is 4. The van der Waals surface area contributed by atoms with E-state index in [0.29, 0.717) is 28.6 Å². The van der Waals surface area contributed by atoms with E-state index < -0.39 is 0 Å². The molecule has 2 aromatic rings. The smallest absolute Gasteiger partial charge is 0.260 e. The Morgan fingerprint density at radius 3 is 2.79 bits per heavy atom. The number of hydrogen-bond donors (Lipinski definition) is 1. The Labute approximate surface area is 167 Å². The van der Waals surface area contributed by atoms with Crippen molar-refractivity contribution in [2.45, 2.75) is 26.2 Å². The summed E-state index contributed by atoms with van der Waals surface area (Å²) in [5.74, 6) is 0.702. The van der Waals surface area contributed by atoms with Crippen molar-refractivity contribution in [3.8, 4) is 11.5 Å². The summed E-state index contributed by atoms with van der Waals surface area (Å²) >= 11 is 0. The highest BCUT2D eigenvalue weighted by molar-refractivity contribution is 6.17. The quantitative estimate of drug-likeness (QED) is 0.856. The number of anilines is 1. The Morgan fingerprint density at radius 1 is 1.21 bits per heavy atom. The minimum Gasteiger partial charge on any atom is -0.497 e. The van der Waals surface area contributed by atoms with Crippen LogP contribution in [0, 0.1) is 12.8 Å². The molecule has 0 spiro atoms. The largest absolute Gasteiger partial charge is 0.497 e. The molecule has 1 aromatic carbocycles. The number of hydrogen-bond acceptors (Lipinski definition) is 6. The first kappa shape index (κ1) is 18.9. The van der Waals surface area contributed by atoms with Gasteiger partial charge in [0.2, 0.25) is 0 Å². The van der Waals surface area contributed by atoms with Crippen molar-refractivity contribution in [3.05, 3.63) is 35.5 Å². The summed E-state index contributed by atoms with van der Waals surface area (Å²) in [5.41, 5.74) is 1.83. The van der Waals surface area contributed by atoms with Crippen LogP contribution in [0.15, 0.2) is 34.3 Å². The topological polar surface area (TPSA) is 107 Å². The summed E-state index contributed by atoms with van der Waals surface area (Å²) in [6.45, 7) is 1.79. The molecule has 0 saturated heterocycles. The van der Waals surface area contributed by atoms with Crippen molar-refractivity contribution in [1.29, 1.82) is 0 Å². The first-order valence-electron chi connectivity index (χ1n) is 9.30. The molecule has 1 aromatic heterocycles. The van der Waals surface area contributed by atoms with E-state index in [1.807, 2.05) is 0 Å². The molecule has 9 heteroatoms. The molecule has 150 valence electrons. The third-order valence-corrected chi connectivity index (χ3v) is 5.00. The molecule has 2 heterocycles. The predicted molar refractivity (Wildman–Crippen MR) is 107 cm³/mol. The van der Waals surface area contributed by atoms with E-state index in [9.17, 15) is 9.59 Å². The van der Waals surface area contributed by atoms with Gasteiger partial charge in [-0.3, -0.25) is 9.59 Å².